The lowest BCUT2D eigenvalue weighted by molar-refractivity contribution is 0.341. The lowest BCUT2D eigenvalue weighted by atomic mass is 9.91. The second-order valence-electron chi connectivity index (χ2n) is 5.07. The summed E-state index contributed by atoms with van der Waals surface area (Å²) < 4.78 is 27.8. The fraction of sp³-hybridized carbons (Fsp3) is 0.571. The maximum atomic E-state index is 12.5. The van der Waals surface area contributed by atoms with Crippen molar-refractivity contribution >= 4 is 27.3 Å². The third-order valence-electron chi connectivity index (χ3n) is 4.05. The molecule has 3 N–H and O–H groups in total. The van der Waals surface area contributed by atoms with Crippen molar-refractivity contribution in [2.45, 2.75) is 57.4 Å². The van der Waals surface area contributed by atoms with Crippen LogP contribution in [0.4, 0.5) is 5.69 Å². The molecule has 0 atom stereocenters. The molecule has 0 bridgehead atoms. The summed E-state index contributed by atoms with van der Waals surface area (Å²) >= 11 is 6.03. The number of nitrogens with one attached hydrogen (secondary N) is 1. The van der Waals surface area contributed by atoms with E-state index >= 15 is 0 Å². The summed E-state index contributed by atoms with van der Waals surface area (Å²) in [5.41, 5.74) is 6.45. The lowest BCUT2D eigenvalue weighted by Gasteiger charge is -2.31. The van der Waals surface area contributed by atoms with Crippen molar-refractivity contribution < 1.29 is 8.42 Å². The number of nitrogens with two attached hydrogens (primary N) is 1. The zero-order valence-electron chi connectivity index (χ0n) is 12.5. The molecule has 0 fully saturated rings. The van der Waals surface area contributed by atoms with E-state index in [2.05, 4.69) is 4.72 Å². The normalized spacial score (nSPS) is 12.7. The first-order valence-electron chi connectivity index (χ1n) is 6.81. The molecule has 1 aromatic rings. The Morgan fingerprint density at radius 2 is 1.70 bits per heavy atom. The Kier molecular flexibility index (Phi) is 5.46. The fourth-order valence-electron chi connectivity index (χ4n) is 2.14. The molecule has 0 radical (unpaired) electrons. The van der Waals surface area contributed by atoms with Crippen molar-refractivity contribution in [1.29, 1.82) is 0 Å². The Hall–Kier alpha value is -0.780. The smallest absolute Gasteiger partial charge is 0.241 e. The molecule has 0 aliphatic heterocycles. The summed E-state index contributed by atoms with van der Waals surface area (Å²) in [7, 11) is -3.63. The minimum absolute atomic E-state index is 0.116. The summed E-state index contributed by atoms with van der Waals surface area (Å²) in [5.74, 6) is 0. The largest absolute Gasteiger partial charge is 0.398 e. The predicted molar refractivity (Wildman–Crippen MR) is 84.5 cm³/mol. The van der Waals surface area contributed by atoms with Crippen LogP contribution in [-0.2, 0) is 10.0 Å². The molecule has 1 aromatic carbocycles. The van der Waals surface area contributed by atoms with Gasteiger partial charge in [-0.25, -0.2) is 13.1 Å². The van der Waals surface area contributed by atoms with Gasteiger partial charge >= 0.3 is 0 Å². The number of benzene rings is 1. The van der Waals surface area contributed by atoms with Gasteiger partial charge in [-0.2, -0.15) is 0 Å². The van der Waals surface area contributed by atoms with Crippen molar-refractivity contribution in [3.8, 4) is 0 Å². The van der Waals surface area contributed by atoms with Crippen LogP contribution in [-0.4, -0.2) is 14.0 Å². The molecule has 20 heavy (non-hydrogen) atoms. The van der Waals surface area contributed by atoms with Gasteiger partial charge in [0.2, 0.25) is 10.0 Å². The molecule has 0 unspecified atom stereocenters. The zero-order chi connectivity index (χ0) is 15.6. The van der Waals surface area contributed by atoms with Crippen LogP contribution in [0.5, 0.6) is 0 Å². The van der Waals surface area contributed by atoms with Gasteiger partial charge < -0.3 is 5.73 Å². The summed E-state index contributed by atoms with van der Waals surface area (Å²) in [5, 5.41) is 0.362. The quantitative estimate of drug-likeness (QED) is 0.789. The SMILES string of the molecule is CCC(CC)(CC)NS(=O)(=O)c1cc(N)c(C)c(Cl)c1. The van der Waals surface area contributed by atoms with E-state index in [0.29, 0.717) is 16.3 Å². The fourth-order valence-corrected chi connectivity index (χ4v) is 4.11. The van der Waals surface area contributed by atoms with E-state index < -0.39 is 15.6 Å². The minimum atomic E-state index is -3.63. The average Bonchev–Trinajstić information content (AvgIpc) is 2.41. The summed E-state index contributed by atoms with van der Waals surface area (Å²) in [6.07, 6.45) is 2.19. The molecular weight excluding hydrogens is 296 g/mol. The molecule has 1 rings (SSSR count). The van der Waals surface area contributed by atoms with E-state index in [0.717, 1.165) is 19.3 Å². The molecule has 0 aliphatic carbocycles. The topological polar surface area (TPSA) is 72.2 Å². The monoisotopic (exact) mass is 318 g/mol. The van der Waals surface area contributed by atoms with Gasteiger partial charge in [-0.1, -0.05) is 32.4 Å². The zero-order valence-corrected chi connectivity index (χ0v) is 14.0. The van der Waals surface area contributed by atoms with E-state index in [4.69, 9.17) is 17.3 Å². The van der Waals surface area contributed by atoms with Gasteiger partial charge in [0.1, 0.15) is 0 Å². The second kappa shape index (κ2) is 6.33. The van der Waals surface area contributed by atoms with Crippen molar-refractivity contribution in [2.75, 3.05) is 5.73 Å². The number of nitrogen functional groups attached to an aromatic ring is 1. The Labute approximate surface area is 126 Å². The van der Waals surface area contributed by atoms with E-state index in [1.807, 2.05) is 20.8 Å². The van der Waals surface area contributed by atoms with Crippen molar-refractivity contribution in [3.63, 3.8) is 0 Å². The van der Waals surface area contributed by atoms with Crippen LogP contribution in [0, 0.1) is 6.92 Å². The minimum Gasteiger partial charge on any atom is -0.398 e. The van der Waals surface area contributed by atoms with Crippen LogP contribution in [0.15, 0.2) is 17.0 Å². The van der Waals surface area contributed by atoms with Crippen LogP contribution >= 0.6 is 11.6 Å². The average molecular weight is 319 g/mol. The molecule has 0 aromatic heterocycles. The number of rotatable bonds is 6. The van der Waals surface area contributed by atoms with E-state index in [9.17, 15) is 8.42 Å². The van der Waals surface area contributed by atoms with Gasteiger partial charge in [-0.15, -0.1) is 0 Å². The van der Waals surface area contributed by atoms with Crippen LogP contribution in [0.2, 0.25) is 5.02 Å². The molecular formula is C14H23ClN2O2S. The lowest BCUT2D eigenvalue weighted by Crippen LogP contribution is -2.46. The van der Waals surface area contributed by atoms with Gasteiger partial charge in [0.25, 0.3) is 0 Å². The molecule has 0 saturated carbocycles. The number of anilines is 1. The Balaban J connectivity index is 3.24. The number of sulfonamides is 1. The summed E-state index contributed by atoms with van der Waals surface area (Å²) in [6.45, 7) is 7.69. The highest BCUT2D eigenvalue weighted by molar-refractivity contribution is 7.89. The summed E-state index contributed by atoms with van der Waals surface area (Å²) in [6, 6.07) is 2.90. The molecule has 6 heteroatoms. The van der Waals surface area contributed by atoms with Crippen LogP contribution in [0.1, 0.15) is 45.6 Å². The highest BCUT2D eigenvalue weighted by atomic mass is 35.5. The Morgan fingerprint density at radius 3 is 2.10 bits per heavy atom. The Bertz CT molecular complexity index is 550. The maximum Gasteiger partial charge on any atom is 0.241 e. The number of hydrogen-bond donors (Lipinski definition) is 2. The number of halogens is 1. The standard InChI is InChI=1S/C14H23ClN2O2S/c1-5-14(6-2,7-3)17-20(18,19)11-8-12(15)10(4)13(16)9-11/h8-9,17H,5-7,16H2,1-4H3. The first-order valence-corrected chi connectivity index (χ1v) is 8.67. The molecule has 114 valence electrons. The predicted octanol–water partition coefficient (Wildman–Crippen LogP) is 3.48. The summed E-state index contributed by atoms with van der Waals surface area (Å²) in [4.78, 5) is 0.116. The van der Waals surface area contributed by atoms with Crippen molar-refractivity contribution in [1.82, 2.24) is 4.72 Å². The molecule has 4 nitrogen and oxygen atoms in total. The number of hydrogen-bond acceptors (Lipinski definition) is 3. The van der Waals surface area contributed by atoms with Crippen molar-refractivity contribution in [3.05, 3.63) is 22.7 Å². The Morgan fingerprint density at radius 1 is 1.20 bits per heavy atom. The molecule has 0 heterocycles. The van der Waals surface area contributed by atoms with E-state index in [-0.39, 0.29) is 4.90 Å². The van der Waals surface area contributed by atoms with Crippen molar-refractivity contribution in [2.24, 2.45) is 0 Å². The first-order chi connectivity index (χ1) is 9.21. The van der Waals surface area contributed by atoms with Crippen LogP contribution in [0.3, 0.4) is 0 Å². The highest BCUT2D eigenvalue weighted by Gasteiger charge is 2.30. The van der Waals surface area contributed by atoms with Crippen LogP contribution < -0.4 is 10.5 Å². The van der Waals surface area contributed by atoms with Crippen LogP contribution in [0.25, 0.3) is 0 Å². The maximum absolute atomic E-state index is 12.5. The third kappa shape index (κ3) is 3.45. The molecule has 0 amide bonds. The molecule has 0 aliphatic rings. The third-order valence-corrected chi connectivity index (χ3v) is 6.00. The van der Waals surface area contributed by atoms with Gasteiger partial charge in [0.15, 0.2) is 0 Å². The second-order valence-corrected chi connectivity index (χ2v) is 7.16. The van der Waals surface area contributed by atoms with E-state index in [1.165, 1.54) is 12.1 Å². The first kappa shape index (κ1) is 17.3. The van der Waals surface area contributed by atoms with E-state index in [1.54, 1.807) is 6.92 Å². The van der Waals surface area contributed by atoms with Gasteiger partial charge in [-0.05, 0) is 43.9 Å². The van der Waals surface area contributed by atoms with Gasteiger partial charge in [-0.3, -0.25) is 0 Å². The highest BCUT2D eigenvalue weighted by Crippen LogP contribution is 2.28. The molecule has 0 spiro atoms. The molecule has 0 saturated heterocycles. The van der Waals surface area contributed by atoms with Gasteiger partial charge in [0.05, 0.1) is 4.90 Å². The van der Waals surface area contributed by atoms with Gasteiger partial charge in [0, 0.05) is 16.2 Å².